The molecule has 0 aromatic heterocycles. The summed E-state index contributed by atoms with van der Waals surface area (Å²) in [5.41, 5.74) is 0. The number of ether oxygens (including phenoxy) is 1. The first-order valence-corrected chi connectivity index (χ1v) is 8.32. The Morgan fingerprint density at radius 3 is 1.65 bits per heavy atom. The van der Waals surface area contributed by atoms with Gasteiger partial charge in [-0.15, -0.1) is 0 Å². The van der Waals surface area contributed by atoms with Gasteiger partial charge in [-0.05, 0) is 6.42 Å². The lowest BCUT2D eigenvalue weighted by atomic mass is 10.0. The number of unbranched alkanes of at least 4 members (excludes halogenated alkanes) is 10. The molecular formula is C17H32O3. The van der Waals surface area contributed by atoms with E-state index in [2.05, 4.69) is 11.7 Å². The van der Waals surface area contributed by atoms with E-state index in [0.717, 1.165) is 12.8 Å². The van der Waals surface area contributed by atoms with Crippen LogP contribution < -0.4 is 0 Å². The van der Waals surface area contributed by atoms with Crippen LogP contribution in [0.4, 0.5) is 0 Å². The number of Topliss-reactive ketones (excluding diaryl/α,β-unsaturated/α-hetero) is 1. The van der Waals surface area contributed by atoms with Crippen LogP contribution in [0, 0.1) is 0 Å². The van der Waals surface area contributed by atoms with Crippen LogP contribution in [-0.2, 0) is 14.3 Å². The molecule has 0 aliphatic carbocycles. The molecule has 118 valence electrons. The van der Waals surface area contributed by atoms with Crippen LogP contribution in [0.15, 0.2) is 0 Å². The molecule has 0 aliphatic heterocycles. The molecule has 0 saturated carbocycles. The summed E-state index contributed by atoms with van der Waals surface area (Å²) < 4.78 is 4.67. The maximum Gasteiger partial charge on any atom is 0.303 e. The molecule has 0 fully saturated rings. The van der Waals surface area contributed by atoms with Crippen molar-refractivity contribution in [2.45, 2.75) is 90.9 Å². The number of carbonyl (C=O) groups excluding carboxylic acids is 2. The van der Waals surface area contributed by atoms with E-state index in [-0.39, 0.29) is 18.4 Å². The number of ketones is 1. The molecule has 0 bridgehead atoms. The van der Waals surface area contributed by atoms with Gasteiger partial charge in [-0.1, -0.05) is 71.1 Å². The van der Waals surface area contributed by atoms with Crippen molar-refractivity contribution in [3.8, 4) is 0 Å². The van der Waals surface area contributed by atoms with E-state index in [1.807, 2.05) is 0 Å². The molecule has 0 rings (SSSR count). The molecule has 0 unspecified atom stereocenters. The Bertz CT molecular complexity index is 249. The molecule has 0 spiro atoms. The molecule has 0 amide bonds. The van der Waals surface area contributed by atoms with Crippen molar-refractivity contribution < 1.29 is 14.3 Å². The monoisotopic (exact) mass is 284 g/mol. The quantitative estimate of drug-likeness (QED) is 0.339. The lowest BCUT2D eigenvalue weighted by Crippen LogP contribution is -2.11. The summed E-state index contributed by atoms with van der Waals surface area (Å²) in [6.45, 7) is 3.53. The van der Waals surface area contributed by atoms with Crippen LogP contribution in [-0.4, -0.2) is 18.4 Å². The Hall–Kier alpha value is -0.860. The lowest BCUT2D eigenvalue weighted by Gasteiger charge is -2.03. The SMILES string of the molecule is CCCCCCCCCCCCCC(=O)COC(C)=O. The summed E-state index contributed by atoms with van der Waals surface area (Å²) in [5.74, 6) is -0.339. The summed E-state index contributed by atoms with van der Waals surface area (Å²) in [6.07, 6.45) is 14.6. The van der Waals surface area contributed by atoms with Crippen molar-refractivity contribution in [1.29, 1.82) is 0 Å². The summed E-state index contributed by atoms with van der Waals surface area (Å²) >= 11 is 0. The average molecular weight is 284 g/mol. The zero-order valence-electron chi connectivity index (χ0n) is 13.4. The van der Waals surface area contributed by atoms with Gasteiger partial charge < -0.3 is 4.74 Å². The van der Waals surface area contributed by atoms with Gasteiger partial charge in [0.15, 0.2) is 5.78 Å². The fraction of sp³-hybridized carbons (Fsp3) is 0.882. The number of hydrogen-bond acceptors (Lipinski definition) is 3. The van der Waals surface area contributed by atoms with Gasteiger partial charge in [0.05, 0.1) is 0 Å². The van der Waals surface area contributed by atoms with Gasteiger partial charge in [0.2, 0.25) is 0 Å². The Labute approximate surface area is 124 Å². The maximum absolute atomic E-state index is 11.3. The summed E-state index contributed by atoms with van der Waals surface area (Å²) in [6, 6.07) is 0. The number of hydrogen-bond donors (Lipinski definition) is 0. The van der Waals surface area contributed by atoms with Crippen LogP contribution in [0.1, 0.15) is 90.9 Å². The minimum Gasteiger partial charge on any atom is -0.458 e. The predicted octanol–water partition coefficient (Wildman–Crippen LogP) is 4.82. The summed E-state index contributed by atoms with van der Waals surface area (Å²) in [4.78, 5) is 21.9. The van der Waals surface area contributed by atoms with Gasteiger partial charge in [-0.2, -0.15) is 0 Å². The van der Waals surface area contributed by atoms with E-state index in [0.29, 0.717) is 6.42 Å². The highest BCUT2D eigenvalue weighted by Crippen LogP contribution is 2.11. The molecule has 0 aromatic carbocycles. The number of esters is 1. The fourth-order valence-corrected chi connectivity index (χ4v) is 2.24. The van der Waals surface area contributed by atoms with Gasteiger partial charge in [-0.3, -0.25) is 9.59 Å². The van der Waals surface area contributed by atoms with Crippen molar-refractivity contribution in [2.24, 2.45) is 0 Å². The zero-order valence-corrected chi connectivity index (χ0v) is 13.4. The summed E-state index contributed by atoms with van der Waals surface area (Å²) in [7, 11) is 0. The molecule has 0 saturated heterocycles. The van der Waals surface area contributed by atoms with Crippen molar-refractivity contribution in [3.63, 3.8) is 0 Å². The zero-order chi connectivity index (χ0) is 15.1. The Morgan fingerprint density at radius 1 is 0.750 bits per heavy atom. The highest BCUT2D eigenvalue weighted by atomic mass is 16.5. The van der Waals surface area contributed by atoms with Crippen LogP contribution in [0.3, 0.4) is 0 Å². The van der Waals surface area contributed by atoms with Gasteiger partial charge in [0.25, 0.3) is 0 Å². The third kappa shape index (κ3) is 15.2. The van der Waals surface area contributed by atoms with E-state index >= 15 is 0 Å². The summed E-state index contributed by atoms with van der Waals surface area (Å²) in [5, 5.41) is 0. The minimum absolute atomic E-state index is 0.0381. The molecular weight excluding hydrogens is 252 g/mol. The predicted molar refractivity (Wildman–Crippen MR) is 82.7 cm³/mol. The van der Waals surface area contributed by atoms with Gasteiger partial charge in [0.1, 0.15) is 6.61 Å². The number of carbonyl (C=O) groups is 2. The van der Waals surface area contributed by atoms with Crippen molar-refractivity contribution in [3.05, 3.63) is 0 Å². The van der Waals surface area contributed by atoms with Gasteiger partial charge in [-0.25, -0.2) is 0 Å². The number of rotatable bonds is 14. The maximum atomic E-state index is 11.3. The second-order valence-electron chi connectivity index (χ2n) is 5.60. The highest BCUT2D eigenvalue weighted by molar-refractivity contribution is 5.81. The van der Waals surface area contributed by atoms with E-state index in [1.54, 1.807) is 0 Å². The standard InChI is InChI=1S/C17H32O3/c1-3-4-5-6-7-8-9-10-11-12-13-14-17(19)15-20-16(2)18/h3-15H2,1-2H3. The first kappa shape index (κ1) is 19.1. The minimum atomic E-state index is -0.378. The van der Waals surface area contributed by atoms with Crippen molar-refractivity contribution in [1.82, 2.24) is 0 Å². The second kappa shape index (κ2) is 14.5. The van der Waals surface area contributed by atoms with E-state index in [9.17, 15) is 9.59 Å². The first-order valence-electron chi connectivity index (χ1n) is 8.32. The topological polar surface area (TPSA) is 43.4 Å². The molecule has 0 N–H and O–H groups in total. The van der Waals surface area contributed by atoms with Crippen LogP contribution in [0.2, 0.25) is 0 Å². The Morgan fingerprint density at radius 2 is 1.20 bits per heavy atom. The average Bonchev–Trinajstić information content (AvgIpc) is 2.42. The van der Waals surface area contributed by atoms with Gasteiger partial charge in [0, 0.05) is 13.3 Å². The molecule has 0 radical (unpaired) electrons. The fourth-order valence-electron chi connectivity index (χ4n) is 2.24. The largest absolute Gasteiger partial charge is 0.458 e. The van der Waals surface area contributed by atoms with Crippen LogP contribution >= 0.6 is 0 Å². The highest BCUT2D eigenvalue weighted by Gasteiger charge is 2.03. The van der Waals surface area contributed by atoms with Crippen molar-refractivity contribution in [2.75, 3.05) is 6.61 Å². The van der Waals surface area contributed by atoms with Crippen LogP contribution in [0.25, 0.3) is 0 Å². The molecule has 0 aliphatic rings. The third-order valence-electron chi connectivity index (χ3n) is 3.50. The van der Waals surface area contributed by atoms with E-state index < -0.39 is 0 Å². The normalized spacial score (nSPS) is 10.5. The first-order chi connectivity index (χ1) is 9.66. The second-order valence-corrected chi connectivity index (χ2v) is 5.60. The van der Waals surface area contributed by atoms with E-state index in [4.69, 9.17) is 0 Å². The van der Waals surface area contributed by atoms with Crippen molar-refractivity contribution >= 4 is 11.8 Å². The molecule has 3 nitrogen and oxygen atoms in total. The molecule has 0 heterocycles. The molecule has 20 heavy (non-hydrogen) atoms. The molecule has 0 atom stereocenters. The Kier molecular flexibility index (Phi) is 13.9. The lowest BCUT2D eigenvalue weighted by molar-refractivity contribution is -0.145. The molecule has 3 heteroatoms. The third-order valence-corrected chi connectivity index (χ3v) is 3.50. The molecule has 0 aromatic rings. The van der Waals surface area contributed by atoms with E-state index in [1.165, 1.54) is 64.7 Å². The van der Waals surface area contributed by atoms with Crippen LogP contribution in [0.5, 0.6) is 0 Å². The van der Waals surface area contributed by atoms with Gasteiger partial charge >= 0.3 is 5.97 Å². The smallest absolute Gasteiger partial charge is 0.303 e. The Balaban J connectivity index is 3.12.